The molecule has 1 saturated heterocycles. The Bertz CT molecular complexity index is 1320. The van der Waals surface area contributed by atoms with Crippen molar-refractivity contribution in [3.8, 4) is 0 Å². The van der Waals surface area contributed by atoms with Gasteiger partial charge in [-0.15, -0.1) is 0 Å². The lowest BCUT2D eigenvalue weighted by Gasteiger charge is -2.32. The van der Waals surface area contributed by atoms with Gasteiger partial charge in [-0.1, -0.05) is 25.7 Å². The quantitative estimate of drug-likeness (QED) is 0.305. The van der Waals surface area contributed by atoms with Crippen LogP contribution >= 0.6 is 0 Å². The van der Waals surface area contributed by atoms with Gasteiger partial charge in [0.25, 0.3) is 5.91 Å². The van der Waals surface area contributed by atoms with Gasteiger partial charge in [-0.25, -0.2) is 9.50 Å². The maximum Gasteiger partial charge on any atom is 0.319 e. The highest BCUT2D eigenvalue weighted by Gasteiger charge is 2.47. The summed E-state index contributed by atoms with van der Waals surface area (Å²) in [5, 5.41) is 24.6. The molecule has 0 radical (unpaired) electrons. The van der Waals surface area contributed by atoms with Crippen LogP contribution < -0.4 is 10.6 Å². The van der Waals surface area contributed by atoms with Crippen LogP contribution in [0.3, 0.4) is 0 Å². The number of carboxylic acids is 1. The first-order chi connectivity index (χ1) is 18.4. The zero-order valence-corrected chi connectivity index (χ0v) is 21.7. The number of aryl methyl sites for hydroxylation is 1. The van der Waals surface area contributed by atoms with Crippen LogP contribution in [0.15, 0.2) is 30.7 Å². The molecule has 3 N–H and O–H groups in total. The predicted molar refractivity (Wildman–Crippen MR) is 138 cm³/mol. The largest absolute Gasteiger partial charge is 0.480 e. The number of rotatable bonds is 8. The monoisotopic (exact) mass is 521 g/mol. The van der Waals surface area contributed by atoms with Crippen molar-refractivity contribution in [2.24, 2.45) is 11.3 Å². The van der Waals surface area contributed by atoms with E-state index in [0.717, 1.165) is 31.4 Å². The van der Waals surface area contributed by atoms with Gasteiger partial charge in [0.1, 0.15) is 5.69 Å². The van der Waals surface area contributed by atoms with E-state index in [1.807, 2.05) is 13.1 Å². The average molecular weight is 522 g/mol. The highest BCUT2D eigenvalue weighted by atomic mass is 16.4. The van der Waals surface area contributed by atoms with E-state index in [0.29, 0.717) is 36.4 Å². The number of hydrogen-bond acceptors (Lipinski definition) is 6. The summed E-state index contributed by atoms with van der Waals surface area (Å²) >= 11 is 0. The summed E-state index contributed by atoms with van der Waals surface area (Å²) in [6, 6.07) is 3.22. The zero-order valence-electron chi connectivity index (χ0n) is 21.7. The van der Waals surface area contributed by atoms with Gasteiger partial charge < -0.3 is 15.7 Å². The fraction of sp³-hybridized carbons (Fsp3) is 0.556. The van der Waals surface area contributed by atoms with Crippen LogP contribution in [-0.4, -0.2) is 53.8 Å². The van der Waals surface area contributed by atoms with Gasteiger partial charge in [-0.05, 0) is 62.6 Å². The van der Waals surface area contributed by atoms with Crippen molar-refractivity contribution in [3.05, 3.63) is 47.7 Å². The molecular weight excluding hydrogens is 486 g/mol. The van der Waals surface area contributed by atoms with Crippen LogP contribution in [0.4, 0.5) is 0 Å². The number of aliphatic carboxylic acids is 1. The Morgan fingerprint density at radius 3 is 2.71 bits per heavy atom. The summed E-state index contributed by atoms with van der Waals surface area (Å²) < 4.78 is 3.33. The molecule has 1 saturated carbocycles. The zero-order chi connectivity index (χ0) is 26.7. The molecule has 11 nitrogen and oxygen atoms in total. The Morgan fingerprint density at radius 1 is 1.21 bits per heavy atom. The molecule has 11 heteroatoms. The first-order valence-corrected chi connectivity index (χ1v) is 13.6. The molecule has 2 fully saturated rings. The predicted octanol–water partition coefficient (Wildman–Crippen LogP) is 2.91. The Labute approximate surface area is 221 Å². The minimum absolute atomic E-state index is 0.0453. The van der Waals surface area contributed by atoms with Crippen molar-refractivity contribution in [2.75, 3.05) is 6.54 Å². The van der Waals surface area contributed by atoms with Gasteiger partial charge in [0, 0.05) is 19.3 Å². The average Bonchev–Trinajstić information content (AvgIpc) is 3.47. The summed E-state index contributed by atoms with van der Waals surface area (Å²) in [4.78, 5) is 42.9. The van der Waals surface area contributed by atoms with E-state index in [9.17, 15) is 19.5 Å². The third kappa shape index (κ3) is 5.01. The van der Waals surface area contributed by atoms with E-state index in [1.165, 1.54) is 12.8 Å². The van der Waals surface area contributed by atoms with Gasteiger partial charge >= 0.3 is 5.97 Å². The molecule has 3 aromatic heterocycles. The Morgan fingerprint density at radius 2 is 2.00 bits per heavy atom. The fourth-order valence-corrected chi connectivity index (χ4v) is 5.92. The van der Waals surface area contributed by atoms with E-state index in [2.05, 4.69) is 20.8 Å². The number of carbonyl (C=O) groups is 3. The minimum atomic E-state index is -1.51. The van der Waals surface area contributed by atoms with Crippen LogP contribution in [0.1, 0.15) is 86.1 Å². The molecule has 202 valence electrons. The number of carboxylic acid groups (broad SMARTS) is 1. The van der Waals surface area contributed by atoms with E-state index >= 15 is 0 Å². The van der Waals surface area contributed by atoms with Crippen molar-refractivity contribution in [1.29, 1.82) is 0 Å². The smallest absolute Gasteiger partial charge is 0.319 e. The third-order valence-corrected chi connectivity index (χ3v) is 8.04. The second-order valence-corrected chi connectivity index (χ2v) is 10.5. The normalized spacial score (nSPS) is 21.6. The van der Waals surface area contributed by atoms with Gasteiger partial charge in [0.2, 0.25) is 5.91 Å². The number of hydrogen-bond donors (Lipinski definition) is 3. The summed E-state index contributed by atoms with van der Waals surface area (Å²) in [7, 11) is 0. The number of fused-ring (bicyclic) bond motifs is 1. The van der Waals surface area contributed by atoms with Crippen LogP contribution in [-0.2, 0) is 22.6 Å². The van der Waals surface area contributed by atoms with E-state index < -0.39 is 17.3 Å². The van der Waals surface area contributed by atoms with Crippen molar-refractivity contribution in [2.45, 2.75) is 77.3 Å². The van der Waals surface area contributed by atoms with Gasteiger partial charge in [0.05, 0.1) is 24.1 Å². The minimum Gasteiger partial charge on any atom is -0.480 e. The maximum absolute atomic E-state index is 13.3. The third-order valence-electron chi connectivity index (χ3n) is 8.04. The van der Waals surface area contributed by atoms with Crippen molar-refractivity contribution >= 4 is 23.4 Å². The van der Waals surface area contributed by atoms with Gasteiger partial charge in [0.15, 0.2) is 11.1 Å². The summed E-state index contributed by atoms with van der Waals surface area (Å²) in [5.74, 6) is -1.52. The molecular formula is C27H35N7O4. The van der Waals surface area contributed by atoms with Gasteiger partial charge in [-0.3, -0.25) is 19.1 Å². The second kappa shape index (κ2) is 10.9. The summed E-state index contributed by atoms with van der Waals surface area (Å²) in [5.41, 5.74) is 0.921. The number of imidazole rings is 1. The Balaban J connectivity index is 1.45. The van der Waals surface area contributed by atoms with E-state index in [-0.39, 0.29) is 30.7 Å². The number of nitrogens with zero attached hydrogens (tertiary/aromatic N) is 5. The van der Waals surface area contributed by atoms with Crippen molar-refractivity contribution in [3.63, 3.8) is 0 Å². The number of piperidine rings is 1. The molecule has 4 heterocycles. The fourth-order valence-electron chi connectivity index (χ4n) is 5.92. The van der Waals surface area contributed by atoms with Crippen LogP contribution in [0.2, 0.25) is 0 Å². The number of amides is 2. The highest BCUT2D eigenvalue weighted by molar-refractivity contribution is 6.02. The molecule has 3 aromatic rings. The molecule has 2 amide bonds. The molecule has 1 aliphatic carbocycles. The Hall–Kier alpha value is -3.76. The number of aromatic nitrogens is 5. The topological polar surface area (TPSA) is 144 Å². The highest BCUT2D eigenvalue weighted by Crippen LogP contribution is 2.35. The lowest BCUT2D eigenvalue weighted by Crippen LogP contribution is -2.52. The first-order valence-electron chi connectivity index (χ1n) is 13.6. The molecule has 0 aromatic carbocycles. The van der Waals surface area contributed by atoms with Crippen LogP contribution in [0.5, 0.6) is 0 Å². The molecule has 0 bridgehead atoms. The van der Waals surface area contributed by atoms with Crippen LogP contribution in [0, 0.1) is 11.3 Å². The van der Waals surface area contributed by atoms with E-state index in [1.54, 1.807) is 33.7 Å². The summed E-state index contributed by atoms with van der Waals surface area (Å²) in [6.07, 6.45) is 12.6. The van der Waals surface area contributed by atoms with E-state index in [4.69, 9.17) is 4.98 Å². The van der Waals surface area contributed by atoms with Gasteiger partial charge in [-0.2, -0.15) is 10.2 Å². The first kappa shape index (κ1) is 25.9. The SMILES string of the molecule is CCn1nccc1C(=O)NC(c1cn2ncc(CC3(C(=O)O)CCCNC3=O)cc2n1)C1CCCCCC1. The molecule has 2 atom stereocenters. The lowest BCUT2D eigenvalue weighted by molar-refractivity contribution is -0.158. The van der Waals surface area contributed by atoms with Crippen molar-refractivity contribution in [1.82, 2.24) is 35.0 Å². The molecule has 2 unspecified atom stereocenters. The number of nitrogens with one attached hydrogen (secondary N) is 2. The van der Waals surface area contributed by atoms with Crippen molar-refractivity contribution < 1.29 is 19.5 Å². The molecule has 1 aliphatic heterocycles. The summed E-state index contributed by atoms with van der Waals surface area (Å²) in [6.45, 7) is 3.03. The molecule has 2 aliphatic rings. The standard InChI is InChI=1S/C27H35N7O4/c1-2-33-21(10-13-29-33)24(35)32-23(19-8-5-3-4-6-9-19)20-17-34-22(31-20)14-18(16-30-34)15-27(26(37)38)11-7-12-28-25(27)36/h10,13-14,16-17,19,23H,2-9,11-12,15H2,1H3,(H,28,36)(H,32,35)(H,37,38). The molecule has 5 rings (SSSR count). The second-order valence-electron chi connectivity index (χ2n) is 10.5. The lowest BCUT2D eigenvalue weighted by atomic mass is 9.75. The molecule has 38 heavy (non-hydrogen) atoms. The Kier molecular flexibility index (Phi) is 7.44. The van der Waals surface area contributed by atoms with Crippen LogP contribution in [0.25, 0.3) is 5.65 Å². The number of carbonyl (C=O) groups excluding carboxylic acids is 2. The maximum atomic E-state index is 13.3. The molecule has 0 spiro atoms.